The summed E-state index contributed by atoms with van der Waals surface area (Å²) >= 11 is 0. The van der Waals surface area contributed by atoms with Crippen molar-refractivity contribution in [3.8, 4) is 5.75 Å². The van der Waals surface area contributed by atoms with E-state index in [4.69, 9.17) is 22.9 Å². The van der Waals surface area contributed by atoms with Gasteiger partial charge in [-0.25, -0.2) is 0 Å². The summed E-state index contributed by atoms with van der Waals surface area (Å²) in [7, 11) is 0. The van der Waals surface area contributed by atoms with Crippen molar-refractivity contribution in [1.82, 2.24) is 52.3 Å². The Balaban J connectivity index is 1.65. The van der Waals surface area contributed by atoms with Crippen LogP contribution in [-0.2, 0) is 68.7 Å². The Morgan fingerprint density at radius 3 is 1.55 bits per heavy atom. The number of nitrogens with one attached hydrogen (secondary N) is 8. The quantitative estimate of drug-likeness (QED) is 0.0328. The number of phenolic OH excluding ortho intramolecular Hbond substituents is 1. The van der Waals surface area contributed by atoms with Crippen molar-refractivity contribution >= 4 is 76.8 Å². The summed E-state index contributed by atoms with van der Waals surface area (Å²) in [6.45, 7) is 7.45. The van der Waals surface area contributed by atoms with Crippen LogP contribution in [0.3, 0.4) is 0 Å². The fraction of sp³-hybridized carbons (Fsp3) is 0.627. The third kappa shape index (κ3) is 20.5. The molecule has 31 heteroatoms. The SMILES string of the molecule is CC(C)C[C@H](N)C(=O)N1CCC[C@H]1C(=O)N1CCC[C@H]1C(=O)N[C@H](C(=O)N[C@@H](CC(N)=O)C(=O)N[C@H](C(=O)NCC(=O)N[C@@H](CO)C(=O)N[C@@H](CC(N)=O)C(=O)N[C@H](C(=O)N[C@@H](Cc1ccc(O)cc1)C(N)=O)[C@@H](C)O)C(C)C)[C@@H](C)O. The number of aliphatic hydroxyl groups excluding tert-OH is 3. The number of carbonyl (C=O) groups is 13. The van der Waals surface area contributed by atoms with E-state index in [1.807, 2.05) is 13.8 Å². The van der Waals surface area contributed by atoms with Gasteiger partial charge in [-0.3, -0.25) is 62.3 Å². The molecule has 0 spiro atoms. The van der Waals surface area contributed by atoms with Gasteiger partial charge in [0.25, 0.3) is 0 Å². The number of aliphatic hydroxyl groups is 3. The maximum atomic E-state index is 13.9. The number of primary amides is 3. The van der Waals surface area contributed by atoms with Crippen LogP contribution in [-0.4, -0.2) is 206 Å². The van der Waals surface area contributed by atoms with Gasteiger partial charge in [-0.15, -0.1) is 0 Å². The van der Waals surface area contributed by atoms with Crippen LogP contribution in [0.15, 0.2) is 24.3 Å². The molecule has 2 saturated heterocycles. The zero-order valence-corrected chi connectivity index (χ0v) is 46.7. The first-order chi connectivity index (χ1) is 38.4. The van der Waals surface area contributed by atoms with E-state index < -0.39 is 175 Å². The molecule has 82 heavy (non-hydrogen) atoms. The molecule has 2 aliphatic heterocycles. The van der Waals surface area contributed by atoms with Crippen molar-refractivity contribution < 1.29 is 82.8 Å². The fourth-order valence-electron chi connectivity index (χ4n) is 9.13. The molecule has 1 aromatic rings. The van der Waals surface area contributed by atoms with E-state index in [1.165, 1.54) is 47.9 Å². The molecule has 2 aliphatic rings. The highest BCUT2D eigenvalue weighted by atomic mass is 16.3. The van der Waals surface area contributed by atoms with Crippen LogP contribution in [0.5, 0.6) is 5.75 Å². The van der Waals surface area contributed by atoms with Gasteiger partial charge in [0, 0.05) is 19.5 Å². The van der Waals surface area contributed by atoms with Crippen LogP contribution in [0.1, 0.15) is 92.1 Å². The smallest absolute Gasteiger partial charge is 0.246 e. The van der Waals surface area contributed by atoms with Gasteiger partial charge in [-0.1, -0.05) is 39.8 Å². The number of phenols is 1. The van der Waals surface area contributed by atoms with Crippen LogP contribution in [0.2, 0.25) is 0 Å². The van der Waals surface area contributed by atoms with Crippen molar-refractivity contribution in [3.63, 3.8) is 0 Å². The van der Waals surface area contributed by atoms with E-state index in [1.54, 1.807) is 0 Å². The standard InChI is InChI=1S/C51H80N14O17/c1-23(2)17-29(52)50(81)65-16-8-10-35(65)51(82)64-15-7-9-34(64)46(77)63-41(26(6)68)49(80)60-32(20-37(54)71)43(74)61-39(24(3)4)47(78)56-21-38(72)57-33(22-66)45(76)59-31(19-36(53)70)44(75)62-40(25(5)67)48(79)58-30(42(55)73)18-27-11-13-28(69)14-12-27/h11-14,23-26,29-35,39-41,66-69H,7-10,15-22,52H2,1-6H3,(H2,53,70)(H2,54,71)(H2,55,73)(H,56,78)(H,57,72)(H,58,79)(H,59,76)(H,60,80)(H,61,74)(H,62,75)(H,63,77)/t25-,26-,29+,30+,31+,32+,33+,34+,35+,39+,40+,41+/m1/s1. The van der Waals surface area contributed by atoms with Crippen LogP contribution in [0, 0.1) is 11.8 Å². The Kier molecular flexibility index (Phi) is 26.5. The molecule has 12 atom stereocenters. The zero-order chi connectivity index (χ0) is 61.9. The minimum absolute atomic E-state index is 0.0768. The Labute approximate surface area is 472 Å². The highest BCUT2D eigenvalue weighted by molar-refractivity contribution is 6.00. The highest BCUT2D eigenvalue weighted by Crippen LogP contribution is 2.26. The third-order valence-electron chi connectivity index (χ3n) is 13.4. The summed E-state index contributed by atoms with van der Waals surface area (Å²) in [5.74, 6) is -13.8. The lowest BCUT2D eigenvalue weighted by molar-refractivity contribution is -0.147. The lowest BCUT2D eigenvalue weighted by atomic mass is 10.0. The van der Waals surface area contributed by atoms with E-state index in [-0.39, 0.29) is 37.0 Å². The molecular weight excluding hydrogens is 1080 g/mol. The second-order valence-corrected chi connectivity index (χ2v) is 21.1. The van der Waals surface area contributed by atoms with Gasteiger partial charge in [0.2, 0.25) is 76.8 Å². The van der Waals surface area contributed by atoms with E-state index in [0.29, 0.717) is 37.8 Å². The number of benzene rings is 1. The number of rotatable bonds is 31. The Bertz CT molecular complexity index is 2500. The molecule has 3 rings (SSSR count). The van der Waals surface area contributed by atoms with Gasteiger partial charge >= 0.3 is 0 Å². The van der Waals surface area contributed by atoms with Gasteiger partial charge in [-0.05, 0) is 75.5 Å². The van der Waals surface area contributed by atoms with E-state index >= 15 is 0 Å². The van der Waals surface area contributed by atoms with Crippen molar-refractivity contribution in [2.75, 3.05) is 26.2 Å². The van der Waals surface area contributed by atoms with Crippen LogP contribution in [0.25, 0.3) is 0 Å². The average molecular weight is 1160 g/mol. The molecule has 0 unspecified atom stereocenters. The van der Waals surface area contributed by atoms with Gasteiger partial charge in [0.15, 0.2) is 0 Å². The van der Waals surface area contributed by atoms with Gasteiger partial charge in [0.05, 0.1) is 44.2 Å². The first kappa shape index (κ1) is 68.2. The molecule has 1 aromatic carbocycles. The zero-order valence-electron chi connectivity index (χ0n) is 46.7. The van der Waals surface area contributed by atoms with E-state index in [0.717, 1.165) is 13.8 Å². The fourth-order valence-corrected chi connectivity index (χ4v) is 9.13. The third-order valence-corrected chi connectivity index (χ3v) is 13.4. The van der Waals surface area contributed by atoms with Crippen molar-refractivity contribution in [2.24, 2.45) is 34.8 Å². The number of hydrogen-bond acceptors (Lipinski definition) is 18. The van der Waals surface area contributed by atoms with Crippen molar-refractivity contribution in [2.45, 2.75) is 166 Å². The summed E-state index contributed by atoms with van der Waals surface area (Å²) in [4.78, 5) is 174. The molecular formula is C51H80N14O17. The van der Waals surface area contributed by atoms with Gasteiger partial charge < -0.3 is 95.7 Å². The molecule has 0 aromatic heterocycles. The predicted molar refractivity (Wildman–Crippen MR) is 287 cm³/mol. The second kappa shape index (κ2) is 31.8. The lowest BCUT2D eigenvalue weighted by Gasteiger charge is -2.33. The minimum Gasteiger partial charge on any atom is -0.508 e. The molecule has 0 aliphatic carbocycles. The number of likely N-dealkylation sites (tertiary alicyclic amines) is 2. The van der Waals surface area contributed by atoms with Crippen LogP contribution < -0.4 is 65.5 Å². The number of nitrogens with two attached hydrogens (primary N) is 4. The molecule has 2 fully saturated rings. The minimum atomic E-state index is -1.89. The summed E-state index contributed by atoms with van der Waals surface area (Å²) in [5.41, 5.74) is 22.8. The molecule has 20 N–H and O–H groups in total. The highest BCUT2D eigenvalue weighted by Gasteiger charge is 2.44. The average Bonchev–Trinajstić information content (AvgIpc) is 4.31. The molecule has 2 heterocycles. The molecule has 31 nitrogen and oxygen atoms in total. The summed E-state index contributed by atoms with van der Waals surface area (Å²) < 4.78 is 0. The Morgan fingerprint density at radius 1 is 0.585 bits per heavy atom. The molecule has 13 amide bonds. The second-order valence-electron chi connectivity index (χ2n) is 21.1. The normalized spacial score (nSPS) is 18.6. The van der Waals surface area contributed by atoms with E-state index in [2.05, 4.69) is 42.5 Å². The monoisotopic (exact) mass is 1160 g/mol. The summed E-state index contributed by atoms with van der Waals surface area (Å²) in [5, 5.41) is 58.7. The number of hydrogen-bond donors (Lipinski definition) is 16. The molecule has 0 bridgehead atoms. The molecule has 0 saturated carbocycles. The number of aromatic hydroxyl groups is 1. The molecule has 0 radical (unpaired) electrons. The topological polar surface area (TPSA) is 510 Å². The number of nitrogens with zero attached hydrogens (tertiary/aromatic N) is 2. The van der Waals surface area contributed by atoms with E-state index in [9.17, 15) is 82.8 Å². The van der Waals surface area contributed by atoms with Gasteiger partial charge in [0.1, 0.15) is 60.1 Å². The lowest BCUT2D eigenvalue weighted by Crippen LogP contribution is -2.62. The number of amides is 13. The first-order valence-electron chi connectivity index (χ1n) is 26.7. The Hall–Kier alpha value is -8.03. The maximum absolute atomic E-state index is 13.9. The maximum Gasteiger partial charge on any atom is 0.246 e. The Morgan fingerprint density at radius 2 is 1.06 bits per heavy atom. The predicted octanol–water partition coefficient (Wildman–Crippen LogP) is -7.55. The van der Waals surface area contributed by atoms with Crippen molar-refractivity contribution in [1.29, 1.82) is 0 Å². The van der Waals surface area contributed by atoms with Crippen LogP contribution >= 0.6 is 0 Å². The van der Waals surface area contributed by atoms with Crippen molar-refractivity contribution in [3.05, 3.63) is 29.8 Å². The first-order valence-corrected chi connectivity index (χ1v) is 26.7. The summed E-state index contributed by atoms with van der Waals surface area (Å²) in [6, 6.07) is -9.28. The number of carbonyl (C=O) groups excluding carboxylic acids is 13. The molecule has 456 valence electrons. The summed E-state index contributed by atoms with van der Waals surface area (Å²) in [6.07, 6.45) is -3.34. The van der Waals surface area contributed by atoms with Gasteiger partial charge in [-0.2, -0.15) is 0 Å². The van der Waals surface area contributed by atoms with Crippen LogP contribution in [0.4, 0.5) is 0 Å². The largest absolute Gasteiger partial charge is 0.508 e.